The molecule has 0 N–H and O–H groups in total. The van der Waals surface area contributed by atoms with Crippen LogP contribution in [-0.4, -0.2) is 13.6 Å². The number of nitriles is 1. The van der Waals surface area contributed by atoms with E-state index in [1.807, 2.05) is 54.7 Å². The second-order valence-corrected chi connectivity index (χ2v) is 12.4. The van der Waals surface area contributed by atoms with Crippen molar-refractivity contribution in [2.45, 2.75) is 32.8 Å². The second kappa shape index (κ2) is 10.2. The van der Waals surface area contributed by atoms with Crippen LogP contribution in [0.1, 0.15) is 37.6 Å². The largest absolute Gasteiger partial charge is 0.407 e. The molecule has 1 aromatic heterocycles. The maximum atomic E-state index is 9.58. The van der Waals surface area contributed by atoms with Crippen LogP contribution in [0.25, 0.3) is 5.69 Å². The summed E-state index contributed by atoms with van der Waals surface area (Å²) in [6.45, 7) is 6.60. The van der Waals surface area contributed by atoms with Gasteiger partial charge in [-0.1, -0.05) is 105 Å². The smallest absolute Gasteiger partial charge is 0.240 e. The van der Waals surface area contributed by atoms with Crippen LogP contribution >= 0.6 is 23.2 Å². The molecule has 3 aromatic carbocycles. The van der Waals surface area contributed by atoms with E-state index in [9.17, 15) is 5.26 Å². The Hall–Kier alpha value is -2.81. The van der Waals surface area contributed by atoms with Gasteiger partial charge in [-0.25, -0.2) is 0 Å². The summed E-state index contributed by atoms with van der Waals surface area (Å²) in [7, 11) is -1.95. The van der Waals surface area contributed by atoms with Gasteiger partial charge in [0.05, 0.1) is 22.3 Å². The van der Waals surface area contributed by atoms with Crippen LogP contribution in [0.4, 0.5) is 0 Å². The summed E-state index contributed by atoms with van der Waals surface area (Å²) in [5.74, 6) is 0. The summed E-state index contributed by atoms with van der Waals surface area (Å²) < 4.78 is 8.46. The third-order valence-corrected chi connectivity index (χ3v) is 9.03. The molecule has 0 saturated carbocycles. The molecule has 3 nitrogen and oxygen atoms in total. The lowest BCUT2D eigenvalue weighted by atomic mass is 9.85. The highest BCUT2D eigenvalue weighted by Gasteiger charge is 2.27. The molecule has 34 heavy (non-hydrogen) atoms. The molecule has 0 saturated heterocycles. The molecule has 0 amide bonds. The van der Waals surface area contributed by atoms with Crippen LogP contribution in [0.2, 0.25) is 10.0 Å². The van der Waals surface area contributed by atoms with Gasteiger partial charge in [-0.2, -0.15) is 5.26 Å². The molecule has 6 heteroatoms. The summed E-state index contributed by atoms with van der Waals surface area (Å²) in [6, 6.07) is 28.5. The Morgan fingerprint density at radius 3 is 2.00 bits per heavy atom. The summed E-state index contributed by atoms with van der Waals surface area (Å²) in [6.07, 6.45) is 1.84. The number of aromatic nitrogens is 1. The summed E-state index contributed by atoms with van der Waals surface area (Å²) in [5, 5.41) is 13.1. The van der Waals surface area contributed by atoms with E-state index in [1.54, 1.807) is 10.6 Å². The van der Waals surface area contributed by atoms with Crippen molar-refractivity contribution in [3.05, 3.63) is 112 Å². The topological polar surface area (TPSA) is 38.0 Å². The fourth-order valence-corrected chi connectivity index (χ4v) is 7.43. The highest BCUT2D eigenvalue weighted by molar-refractivity contribution is 6.80. The number of benzene rings is 3. The van der Waals surface area contributed by atoms with Crippen LogP contribution < -0.4 is 10.4 Å². The minimum absolute atomic E-state index is 0.297. The van der Waals surface area contributed by atoms with E-state index in [1.165, 1.54) is 10.4 Å². The van der Waals surface area contributed by atoms with Gasteiger partial charge in [0.25, 0.3) is 0 Å². The lowest BCUT2D eigenvalue weighted by Crippen LogP contribution is -2.44. The van der Waals surface area contributed by atoms with Gasteiger partial charge >= 0.3 is 0 Å². The lowest BCUT2D eigenvalue weighted by molar-refractivity contribution is 0.321. The Morgan fingerprint density at radius 1 is 0.882 bits per heavy atom. The third kappa shape index (κ3) is 4.99. The van der Waals surface area contributed by atoms with Crippen molar-refractivity contribution < 1.29 is 4.43 Å². The van der Waals surface area contributed by atoms with Gasteiger partial charge in [-0.05, 0) is 45.1 Å². The zero-order valence-electron chi connectivity index (χ0n) is 19.4. The van der Waals surface area contributed by atoms with Crippen molar-refractivity contribution in [1.29, 1.82) is 5.26 Å². The third-order valence-electron chi connectivity index (χ3n) is 5.74. The SMILES string of the molecule is CC(C)(C)c1c(Cl)c(CO[SiH](c2ccccc2)c2ccccc2)cc(-n2cccc2C#N)c1Cl. The minimum atomic E-state index is -1.95. The van der Waals surface area contributed by atoms with Gasteiger partial charge in [0.2, 0.25) is 9.04 Å². The fourth-order valence-electron chi connectivity index (χ4n) is 4.11. The summed E-state index contributed by atoms with van der Waals surface area (Å²) in [5.41, 5.74) is 2.65. The van der Waals surface area contributed by atoms with E-state index in [-0.39, 0.29) is 5.41 Å². The van der Waals surface area contributed by atoms with Crippen molar-refractivity contribution in [3.63, 3.8) is 0 Å². The van der Waals surface area contributed by atoms with Crippen LogP contribution in [0, 0.1) is 11.3 Å². The number of halogens is 2. The number of hydrogen-bond acceptors (Lipinski definition) is 2. The molecule has 4 rings (SSSR count). The van der Waals surface area contributed by atoms with E-state index >= 15 is 0 Å². The van der Waals surface area contributed by atoms with E-state index in [0.717, 1.165) is 16.8 Å². The van der Waals surface area contributed by atoms with Crippen molar-refractivity contribution in [3.8, 4) is 11.8 Å². The van der Waals surface area contributed by atoms with Crippen molar-refractivity contribution in [2.24, 2.45) is 0 Å². The van der Waals surface area contributed by atoms with Gasteiger partial charge in [0.15, 0.2) is 0 Å². The fraction of sp³-hybridized carbons (Fsp3) is 0.179. The molecular weight excluding hydrogens is 479 g/mol. The standard InChI is InChI=1S/C28H26Cl2N2OSi/c1-28(2,3)25-26(29)20(17-24(27(25)30)32-16-10-11-21(32)18-31)19-33-34(22-12-6-4-7-13-22)23-14-8-5-9-15-23/h4-17,34H,19H2,1-3H3. The average molecular weight is 506 g/mol. The Bertz CT molecular complexity index is 1280. The highest BCUT2D eigenvalue weighted by atomic mass is 35.5. The minimum Gasteiger partial charge on any atom is -0.407 e. The number of nitrogens with zero attached hydrogens (tertiary/aromatic N) is 2. The Balaban J connectivity index is 1.79. The molecule has 0 aliphatic heterocycles. The van der Waals surface area contributed by atoms with Crippen molar-refractivity contribution in [1.82, 2.24) is 4.57 Å². The molecule has 0 aliphatic rings. The first kappa shape index (κ1) is 24.3. The normalized spacial score (nSPS) is 11.6. The zero-order valence-corrected chi connectivity index (χ0v) is 22.1. The molecular formula is C28H26Cl2N2OSi. The predicted octanol–water partition coefficient (Wildman–Crippen LogP) is 6.01. The quantitative estimate of drug-likeness (QED) is 0.301. The maximum Gasteiger partial charge on any atom is 0.240 e. The van der Waals surface area contributed by atoms with Crippen molar-refractivity contribution >= 4 is 42.6 Å². The Labute approximate surface area is 212 Å². The second-order valence-electron chi connectivity index (χ2n) is 9.20. The monoisotopic (exact) mass is 504 g/mol. The first-order valence-corrected chi connectivity index (χ1v) is 13.5. The molecule has 0 unspecified atom stereocenters. The molecule has 0 fully saturated rings. The summed E-state index contributed by atoms with van der Waals surface area (Å²) in [4.78, 5) is 0. The average Bonchev–Trinajstić information content (AvgIpc) is 3.30. The maximum absolute atomic E-state index is 9.58. The number of hydrogen-bond donors (Lipinski definition) is 0. The van der Waals surface area contributed by atoms with Gasteiger partial charge in [-0.3, -0.25) is 0 Å². The van der Waals surface area contributed by atoms with E-state index < -0.39 is 9.04 Å². The van der Waals surface area contributed by atoms with Gasteiger partial charge < -0.3 is 8.99 Å². The van der Waals surface area contributed by atoms with Gasteiger partial charge in [-0.15, -0.1) is 0 Å². The number of rotatable bonds is 6. The van der Waals surface area contributed by atoms with Gasteiger partial charge in [0.1, 0.15) is 11.8 Å². The molecule has 1 heterocycles. The first-order valence-electron chi connectivity index (χ1n) is 11.1. The molecule has 0 aliphatic carbocycles. The Morgan fingerprint density at radius 2 is 1.47 bits per heavy atom. The Kier molecular flexibility index (Phi) is 7.30. The van der Waals surface area contributed by atoms with Crippen LogP contribution in [0.15, 0.2) is 85.1 Å². The molecule has 0 atom stereocenters. The molecule has 4 aromatic rings. The van der Waals surface area contributed by atoms with Gasteiger partial charge in [0, 0.05) is 6.20 Å². The zero-order chi connectivity index (χ0) is 24.3. The lowest BCUT2D eigenvalue weighted by Gasteiger charge is -2.27. The van der Waals surface area contributed by atoms with Crippen LogP contribution in [0.5, 0.6) is 0 Å². The molecule has 0 spiro atoms. The molecule has 0 radical (unpaired) electrons. The predicted molar refractivity (Wildman–Crippen MR) is 143 cm³/mol. The van der Waals surface area contributed by atoms with Crippen molar-refractivity contribution in [2.75, 3.05) is 0 Å². The van der Waals surface area contributed by atoms with Crippen LogP contribution in [-0.2, 0) is 16.4 Å². The first-order chi connectivity index (χ1) is 16.3. The highest BCUT2D eigenvalue weighted by Crippen LogP contribution is 2.41. The van der Waals surface area contributed by atoms with E-state index in [2.05, 4.69) is 51.1 Å². The van der Waals surface area contributed by atoms with Crippen LogP contribution in [0.3, 0.4) is 0 Å². The molecule has 0 bridgehead atoms. The van der Waals surface area contributed by atoms with E-state index in [0.29, 0.717) is 22.3 Å². The molecule has 172 valence electrons. The summed E-state index contributed by atoms with van der Waals surface area (Å²) >= 11 is 13.9. The van der Waals surface area contributed by atoms with E-state index in [4.69, 9.17) is 27.6 Å².